The van der Waals surface area contributed by atoms with E-state index in [9.17, 15) is 23.3 Å². The highest BCUT2D eigenvalue weighted by atomic mass is 35.5. The Morgan fingerprint density at radius 3 is 2.62 bits per heavy atom. The van der Waals surface area contributed by atoms with Crippen LogP contribution in [-0.2, 0) is 14.8 Å². The summed E-state index contributed by atoms with van der Waals surface area (Å²) in [5.41, 5.74) is 2.09. The second-order valence-corrected chi connectivity index (χ2v) is 9.31. The molecule has 32 heavy (non-hydrogen) atoms. The predicted molar refractivity (Wildman–Crippen MR) is 113 cm³/mol. The normalized spacial score (nSPS) is 18.2. The Labute approximate surface area is 187 Å². The number of nitrogens with one attached hydrogen (secondary N) is 1. The molecule has 0 unspecified atom stereocenters. The first kappa shape index (κ1) is 22.0. The average molecular weight is 481 g/mol. The topological polar surface area (TPSA) is 140 Å². The van der Waals surface area contributed by atoms with Crippen LogP contribution >= 0.6 is 11.6 Å². The molecule has 2 aromatic carbocycles. The summed E-state index contributed by atoms with van der Waals surface area (Å²) in [6, 6.07) is 7.31. The van der Waals surface area contributed by atoms with Gasteiger partial charge in [-0.25, -0.2) is 13.8 Å². The van der Waals surface area contributed by atoms with Crippen LogP contribution in [-0.4, -0.2) is 49.1 Å². The molecule has 11 nitrogen and oxygen atoms in total. The number of carbonyl (C=O) groups excluding carboxylic acids is 1. The van der Waals surface area contributed by atoms with Gasteiger partial charge < -0.3 is 9.47 Å². The number of hydrazone groups is 1. The largest absolute Gasteiger partial charge is 0.454 e. The van der Waals surface area contributed by atoms with Gasteiger partial charge in [-0.3, -0.25) is 14.9 Å². The van der Waals surface area contributed by atoms with E-state index in [0.29, 0.717) is 23.6 Å². The van der Waals surface area contributed by atoms with Gasteiger partial charge in [-0.1, -0.05) is 11.6 Å². The van der Waals surface area contributed by atoms with Gasteiger partial charge in [-0.2, -0.15) is 9.41 Å². The van der Waals surface area contributed by atoms with Crippen molar-refractivity contribution in [2.45, 2.75) is 23.8 Å². The molecular weight excluding hydrogens is 464 g/mol. The molecule has 0 aromatic heterocycles. The fourth-order valence-electron chi connectivity index (χ4n) is 3.48. The number of rotatable bonds is 6. The van der Waals surface area contributed by atoms with Crippen molar-refractivity contribution in [3.05, 3.63) is 57.1 Å². The predicted octanol–water partition coefficient (Wildman–Crippen LogP) is 2.28. The number of amides is 1. The number of ether oxygens (including phenoxy) is 2. The van der Waals surface area contributed by atoms with Crippen LogP contribution in [0.5, 0.6) is 11.5 Å². The number of carbonyl (C=O) groups is 1. The third kappa shape index (κ3) is 4.24. The van der Waals surface area contributed by atoms with Crippen molar-refractivity contribution in [3.63, 3.8) is 0 Å². The molecule has 1 saturated heterocycles. The third-order valence-corrected chi connectivity index (χ3v) is 7.20. The number of hydrogen-bond acceptors (Lipinski definition) is 8. The minimum absolute atomic E-state index is 0.0288. The Morgan fingerprint density at radius 1 is 1.25 bits per heavy atom. The Bertz CT molecular complexity index is 1200. The first-order chi connectivity index (χ1) is 15.3. The Morgan fingerprint density at radius 2 is 1.94 bits per heavy atom. The first-order valence-corrected chi connectivity index (χ1v) is 11.3. The Hall–Kier alpha value is -3.22. The minimum atomic E-state index is -3.91. The summed E-state index contributed by atoms with van der Waals surface area (Å²) in [6.07, 6.45) is 1.92. The van der Waals surface area contributed by atoms with Gasteiger partial charge in [0.1, 0.15) is 6.04 Å². The van der Waals surface area contributed by atoms with Crippen LogP contribution in [0.2, 0.25) is 5.02 Å². The maximum atomic E-state index is 12.9. The molecule has 2 aromatic rings. The van der Waals surface area contributed by atoms with E-state index in [-0.39, 0.29) is 35.2 Å². The standard InChI is InChI=1S/C19H17ClN4O7S/c20-13-3-5-14(6-4-13)32(28,29)23-7-1-2-15(23)19(25)22-21-10-12-8-17-18(31-11-30-17)9-16(12)24(26)27/h3-6,8-10,15H,1-2,7,11H2,(H,22,25)/b21-10-/t15-/m0/s1. The molecule has 2 heterocycles. The first-order valence-electron chi connectivity index (χ1n) is 9.46. The summed E-state index contributed by atoms with van der Waals surface area (Å²) in [5, 5.41) is 15.5. The smallest absolute Gasteiger partial charge is 0.282 e. The molecular formula is C19H17ClN4O7S. The second-order valence-electron chi connectivity index (χ2n) is 6.98. The SMILES string of the molecule is O=C(N/N=C\c1cc2c(cc1[N+](=O)[O-])OCO2)[C@@H]1CCCN1S(=O)(=O)c1ccc(Cl)cc1. The lowest BCUT2D eigenvalue weighted by Gasteiger charge is -2.22. The number of sulfonamides is 1. The number of hydrogen-bond donors (Lipinski definition) is 1. The average Bonchev–Trinajstić information content (AvgIpc) is 3.43. The molecule has 0 spiro atoms. The zero-order chi connectivity index (χ0) is 22.9. The molecule has 1 atom stereocenters. The van der Waals surface area contributed by atoms with Crippen molar-refractivity contribution in [1.29, 1.82) is 0 Å². The van der Waals surface area contributed by atoms with Crippen LogP contribution in [0.1, 0.15) is 18.4 Å². The highest BCUT2D eigenvalue weighted by Gasteiger charge is 2.39. The molecule has 1 fully saturated rings. The molecule has 13 heteroatoms. The number of nitro benzene ring substituents is 1. The van der Waals surface area contributed by atoms with Crippen molar-refractivity contribution in [3.8, 4) is 11.5 Å². The Kier molecular flexibility index (Phi) is 6.00. The fraction of sp³-hybridized carbons (Fsp3) is 0.263. The fourth-order valence-corrected chi connectivity index (χ4v) is 5.26. The lowest BCUT2D eigenvalue weighted by Crippen LogP contribution is -2.44. The molecule has 0 saturated carbocycles. The third-order valence-electron chi connectivity index (χ3n) is 5.02. The zero-order valence-electron chi connectivity index (χ0n) is 16.4. The van der Waals surface area contributed by atoms with Crippen molar-refractivity contribution >= 4 is 39.4 Å². The molecule has 0 aliphatic carbocycles. The van der Waals surface area contributed by atoms with Crippen molar-refractivity contribution in [2.24, 2.45) is 5.10 Å². The van der Waals surface area contributed by atoms with Gasteiger partial charge >= 0.3 is 0 Å². The molecule has 2 aliphatic heterocycles. The van der Waals surface area contributed by atoms with Gasteiger partial charge in [0.05, 0.1) is 27.7 Å². The summed E-state index contributed by atoms with van der Waals surface area (Å²) < 4.78 is 37.3. The maximum Gasteiger partial charge on any atom is 0.282 e. The van der Waals surface area contributed by atoms with Gasteiger partial charge in [-0.15, -0.1) is 0 Å². The van der Waals surface area contributed by atoms with Gasteiger partial charge in [0.2, 0.25) is 16.8 Å². The quantitative estimate of drug-likeness (QED) is 0.380. The maximum absolute atomic E-state index is 12.9. The minimum Gasteiger partial charge on any atom is -0.454 e. The van der Waals surface area contributed by atoms with Gasteiger partial charge in [-0.05, 0) is 43.2 Å². The van der Waals surface area contributed by atoms with E-state index in [4.69, 9.17) is 21.1 Å². The Balaban J connectivity index is 1.50. The molecule has 4 rings (SSSR count). The van der Waals surface area contributed by atoms with Crippen LogP contribution in [0.3, 0.4) is 0 Å². The van der Waals surface area contributed by atoms with Gasteiger partial charge in [0.15, 0.2) is 11.5 Å². The zero-order valence-corrected chi connectivity index (χ0v) is 18.0. The highest BCUT2D eigenvalue weighted by molar-refractivity contribution is 7.89. The molecule has 2 aliphatic rings. The van der Waals surface area contributed by atoms with Gasteiger partial charge in [0.25, 0.3) is 11.6 Å². The molecule has 1 N–H and O–H groups in total. The van der Waals surface area contributed by atoms with Crippen molar-refractivity contribution in [1.82, 2.24) is 9.73 Å². The highest BCUT2D eigenvalue weighted by Crippen LogP contribution is 2.37. The summed E-state index contributed by atoms with van der Waals surface area (Å²) in [5.74, 6) is -0.0778. The van der Waals surface area contributed by atoms with Crippen LogP contribution < -0.4 is 14.9 Å². The summed E-state index contributed by atoms with van der Waals surface area (Å²) in [7, 11) is -3.91. The second kappa shape index (κ2) is 8.73. The van der Waals surface area contributed by atoms with Crippen molar-refractivity contribution in [2.75, 3.05) is 13.3 Å². The van der Waals surface area contributed by atoms with E-state index in [2.05, 4.69) is 10.5 Å². The number of nitrogens with zero attached hydrogens (tertiary/aromatic N) is 3. The molecule has 1 amide bonds. The van der Waals surface area contributed by atoms with Gasteiger partial charge in [0, 0.05) is 11.6 Å². The lowest BCUT2D eigenvalue weighted by molar-refractivity contribution is -0.385. The summed E-state index contributed by atoms with van der Waals surface area (Å²) >= 11 is 5.82. The van der Waals surface area contributed by atoms with Crippen LogP contribution in [0.15, 0.2) is 46.4 Å². The summed E-state index contributed by atoms with van der Waals surface area (Å²) in [4.78, 5) is 23.4. The van der Waals surface area contributed by atoms with Crippen molar-refractivity contribution < 1.29 is 27.6 Å². The number of fused-ring (bicyclic) bond motifs is 1. The van der Waals surface area contributed by atoms with E-state index in [1.807, 2.05) is 0 Å². The van der Waals surface area contributed by atoms with E-state index in [0.717, 1.165) is 10.5 Å². The summed E-state index contributed by atoms with van der Waals surface area (Å²) in [6.45, 7) is 0.129. The molecule has 168 valence electrons. The number of halogens is 1. The lowest BCUT2D eigenvalue weighted by atomic mass is 10.1. The van der Waals surface area contributed by atoms with E-state index < -0.39 is 26.9 Å². The monoisotopic (exact) mass is 480 g/mol. The van der Waals surface area contributed by atoms with Crippen LogP contribution in [0.25, 0.3) is 0 Å². The van der Waals surface area contributed by atoms with E-state index in [1.54, 1.807) is 0 Å². The molecule has 0 bridgehead atoms. The number of nitro groups is 1. The molecule has 0 radical (unpaired) electrons. The van der Waals surface area contributed by atoms with E-state index >= 15 is 0 Å². The van der Waals surface area contributed by atoms with E-state index in [1.165, 1.54) is 36.4 Å². The number of benzene rings is 2. The van der Waals surface area contributed by atoms with Crippen LogP contribution in [0, 0.1) is 10.1 Å². The van der Waals surface area contributed by atoms with Crippen LogP contribution in [0.4, 0.5) is 5.69 Å².